The summed E-state index contributed by atoms with van der Waals surface area (Å²) in [6.07, 6.45) is 3.94. The van der Waals surface area contributed by atoms with Crippen molar-refractivity contribution >= 4 is 11.6 Å². The van der Waals surface area contributed by atoms with Gasteiger partial charge in [0.05, 0.1) is 5.69 Å². The van der Waals surface area contributed by atoms with E-state index < -0.39 is 0 Å². The van der Waals surface area contributed by atoms with E-state index in [1.54, 1.807) is 4.68 Å². The van der Waals surface area contributed by atoms with E-state index in [4.69, 9.17) is 11.6 Å². The van der Waals surface area contributed by atoms with E-state index in [9.17, 15) is 0 Å². The van der Waals surface area contributed by atoms with Crippen LogP contribution in [0.5, 0.6) is 0 Å². The van der Waals surface area contributed by atoms with Crippen molar-refractivity contribution in [2.24, 2.45) is 18.9 Å². The first-order valence-electron chi connectivity index (χ1n) is 6.96. The summed E-state index contributed by atoms with van der Waals surface area (Å²) in [6.45, 7) is 7.53. The van der Waals surface area contributed by atoms with Gasteiger partial charge in [-0.05, 0) is 31.6 Å². The Morgan fingerprint density at radius 2 is 2.17 bits per heavy atom. The maximum Gasteiger partial charge on any atom is 0.131 e. The molecule has 102 valence electrons. The van der Waals surface area contributed by atoms with E-state index in [2.05, 4.69) is 24.3 Å². The molecular weight excluding hydrogens is 246 g/mol. The molecule has 1 aromatic heterocycles. The maximum absolute atomic E-state index is 6.25. The Bertz CT molecular complexity index is 413. The fourth-order valence-corrected chi connectivity index (χ4v) is 3.46. The number of rotatable bonds is 4. The topological polar surface area (TPSA) is 29.9 Å². The molecule has 1 saturated carbocycles. The van der Waals surface area contributed by atoms with Crippen LogP contribution in [0.15, 0.2) is 0 Å². The first-order chi connectivity index (χ1) is 8.54. The Kier molecular flexibility index (Phi) is 4.33. The second-order valence-electron chi connectivity index (χ2n) is 5.57. The molecule has 3 nitrogen and oxygen atoms in total. The van der Waals surface area contributed by atoms with Crippen LogP contribution in [-0.4, -0.2) is 15.8 Å². The highest BCUT2D eigenvalue weighted by Gasteiger charge is 2.31. The third-order valence-corrected chi connectivity index (χ3v) is 5.03. The summed E-state index contributed by atoms with van der Waals surface area (Å²) in [5.74, 6) is 1.65. The molecule has 1 aliphatic rings. The number of nitrogens with zero attached hydrogens (tertiary/aromatic N) is 2. The van der Waals surface area contributed by atoms with Crippen molar-refractivity contribution in [1.29, 1.82) is 0 Å². The van der Waals surface area contributed by atoms with Gasteiger partial charge in [0.25, 0.3) is 0 Å². The third-order valence-electron chi connectivity index (χ3n) is 4.56. The zero-order valence-electron chi connectivity index (χ0n) is 11.8. The van der Waals surface area contributed by atoms with Crippen molar-refractivity contribution in [3.63, 3.8) is 0 Å². The lowest BCUT2D eigenvalue weighted by Crippen LogP contribution is -2.32. The smallest absolute Gasteiger partial charge is 0.131 e. The highest BCUT2D eigenvalue weighted by atomic mass is 35.5. The molecule has 0 bridgehead atoms. The molecule has 4 heteroatoms. The van der Waals surface area contributed by atoms with Gasteiger partial charge in [0.15, 0.2) is 0 Å². The fourth-order valence-electron chi connectivity index (χ4n) is 3.22. The lowest BCUT2D eigenvalue weighted by molar-refractivity contribution is 0.344. The van der Waals surface area contributed by atoms with Crippen molar-refractivity contribution in [1.82, 2.24) is 15.1 Å². The van der Waals surface area contributed by atoms with Crippen molar-refractivity contribution in [3.05, 3.63) is 16.4 Å². The molecule has 2 rings (SSSR count). The molecule has 1 aliphatic carbocycles. The van der Waals surface area contributed by atoms with Crippen LogP contribution in [0.3, 0.4) is 0 Å². The zero-order valence-corrected chi connectivity index (χ0v) is 12.6. The molecule has 0 amide bonds. The molecule has 3 atom stereocenters. The summed E-state index contributed by atoms with van der Waals surface area (Å²) in [4.78, 5) is 0. The van der Waals surface area contributed by atoms with Gasteiger partial charge in [0.2, 0.25) is 0 Å². The molecular formula is C14H24ClN3. The van der Waals surface area contributed by atoms with Gasteiger partial charge < -0.3 is 5.32 Å². The average Bonchev–Trinajstić information content (AvgIpc) is 2.80. The van der Waals surface area contributed by atoms with Gasteiger partial charge in [-0.1, -0.05) is 31.9 Å². The van der Waals surface area contributed by atoms with Gasteiger partial charge in [-0.15, -0.1) is 0 Å². The summed E-state index contributed by atoms with van der Waals surface area (Å²) in [5, 5.41) is 8.78. The molecule has 0 aromatic carbocycles. The molecule has 1 N–H and O–H groups in total. The summed E-state index contributed by atoms with van der Waals surface area (Å²) in [7, 11) is 1.89. The third kappa shape index (κ3) is 2.57. The van der Waals surface area contributed by atoms with Gasteiger partial charge in [-0.25, -0.2) is 0 Å². The number of aryl methyl sites for hydroxylation is 2. The Hall–Kier alpha value is -0.540. The predicted molar refractivity (Wildman–Crippen MR) is 75.8 cm³/mol. The lowest BCUT2D eigenvalue weighted by atomic mass is 9.93. The minimum atomic E-state index is 0.630. The Balaban J connectivity index is 1.96. The lowest BCUT2D eigenvalue weighted by Gasteiger charge is -2.21. The second-order valence-corrected chi connectivity index (χ2v) is 5.93. The Labute approximate surface area is 115 Å². The van der Waals surface area contributed by atoms with E-state index in [-0.39, 0.29) is 0 Å². The average molecular weight is 270 g/mol. The Morgan fingerprint density at radius 3 is 2.67 bits per heavy atom. The summed E-state index contributed by atoms with van der Waals surface area (Å²) < 4.78 is 1.75. The van der Waals surface area contributed by atoms with Gasteiger partial charge in [0.1, 0.15) is 5.15 Å². The van der Waals surface area contributed by atoms with E-state index >= 15 is 0 Å². The van der Waals surface area contributed by atoms with E-state index in [1.807, 2.05) is 14.0 Å². The van der Waals surface area contributed by atoms with Crippen molar-refractivity contribution < 1.29 is 0 Å². The fraction of sp³-hybridized carbons (Fsp3) is 0.786. The largest absolute Gasteiger partial charge is 0.309 e. The van der Waals surface area contributed by atoms with E-state index in [0.29, 0.717) is 6.04 Å². The summed E-state index contributed by atoms with van der Waals surface area (Å²) in [6, 6.07) is 0.630. The van der Waals surface area contributed by atoms with Crippen molar-refractivity contribution in [3.8, 4) is 0 Å². The molecule has 1 heterocycles. The molecule has 0 spiro atoms. The molecule has 1 fully saturated rings. The molecule has 1 aromatic rings. The second kappa shape index (κ2) is 5.62. The minimum absolute atomic E-state index is 0.630. The van der Waals surface area contributed by atoms with Crippen LogP contribution in [0.2, 0.25) is 5.15 Å². The van der Waals surface area contributed by atoms with Crippen molar-refractivity contribution in [2.75, 3.05) is 0 Å². The van der Waals surface area contributed by atoms with Crippen LogP contribution in [0.1, 0.15) is 44.4 Å². The van der Waals surface area contributed by atoms with Crippen LogP contribution in [0, 0.1) is 18.8 Å². The molecule has 18 heavy (non-hydrogen) atoms. The van der Waals surface area contributed by atoms with Gasteiger partial charge in [-0.3, -0.25) is 4.68 Å². The quantitative estimate of drug-likeness (QED) is 0.909. The minimum Gasteiger partial charge on any atom is -0.309 e. The van der Waals surface area contributed by atoms with Crippen molar-refractivity contribution in [2.45, 2.75) is 52.6 Å². The number of hydrogen-bond donors (Lipinski definition) is 1. The number of halogens is 1. The van der Waals surface area contributed by atoms with E-state index in [0.717, 1.165) is 34.8 Å². The van der Waals surface area contributed by atoms with Gasteiger partial charge >= 0.3 is 0 Å². The Morgan fingerprint density at radius 1 is 1.44 bits per heavy atom. The monoisotopic (exact) mass is 269 g/mol. The first kappa shape index (κ1) is 13.9. The van der Waals surface area contributed by atoms with Gasteiger partial charge in [0, 0.05) is 25.2 Å². The highest BCUT2D eigenvalue weighted by Crippen LogP contribution is 2.34. The maximum atomic E-state index is 6.25. The normalized spacial score (nSPS) is 27.9. The van der Waals surface area contributed by atoms with Gasteiger partial charge in [-0.2, -0.15) is 5.10 Å². The standard InChI is InChI=1S/C14H24ClN3/c1-5-11-6-7-13(9(11)2)16-8-12-10(3)17-18(4)14(12)15/h9,11,13,16H,5-8H2,1-4H3. The molecule has 0 radical (unpaired) electrons. The van der Waals surface area contributed by atoms with Crippen LogP contribution < -0.4 is 5.32 Å². The summed E-state index contributed by atoms with van der Waals surface area (Å²) in [5.41, 5.74) is 2.18. The predicted octanol–water partition coefficient (Wildman–Crippen LogP) is 3.30. The van der Waals surface area contributed by atoms with E-state index in [1.165, 1.54) is 19.3 Å². The van der Waals surface area contributed by atoms with Crippen LogP contribution in [-0.2, 0) is 13.6 Å². The van der Waals surface area contributed by atoms with Crippen LogP contribution in [0.4, 0.5) is 0 Å². The van der Waals surface area contributed by atoms with Crippen LogP contribution >= 0.6 is 11.6 Å². The summed E-state index contributed by atoms with van der Waals surface area (Å²) >= 11 is 6.25. The number of hydrogen-bond acceptors (Lipinski definition) is 2. The number of nitrogens with one attached hydrogen (secondary N) is 1. The SMILES string of the molecule is CCC1CCC(NCc2c(C)nn(C)c2Cl)C1C. The molecule has 3 unspecified atom stereocenters. The highest BCUT2D eigenvalue weighted by molar-refractivity contribution is 6.30. The number of aromatic nitrogens is 2. The molecule has 0 aliphatic heterocycles. The molecule has 0 saturated heterocycles. The zero-order chi connectivity index (χ0) is 13.3. The first-order valence-corrected chi connectivity index (χ1v) is 7.33. The van der Waals surface area contributed by atoms with Crippen LogP contribution in [0.25, 0.3) is 0 Å².